The molecule has 0 saturated carbocycles. The zero-order chi connectivity index (χ0) is 13.8. The van der Waals surface area contributed by atoms with Crippen LogP contribution in [0.2, 0.25) is 5.02 Å². The van der Waals surface area contributed by atoms with Gasteiger partial charge in [-0.05, 0) is 56.5 Å². The fourth-order valence-corrected chi connectivity index (χ4v) is 2.78. The van der Waals surface area contributed by atoms with Gasteiger partial charge in [-0.2, -0.15) is 0 Å². The second-order valence-corrected chi connectivity index (χ2v) is 5.65. The van der Waals surface area contributed by atoms with E-state index in [2.05, 4.69) is 4.90 Å². The van der Waals surface area contributed by atoms with Crippen molar-refractivity contribution in [3.05, 3.63) is 34.9 Å². The summed E-state index contributed by atoms with van der Waals surface area (Å²) in [7, 11) is 0. The Morgan fingerprint density at radius 1 is 1.47 bits per heavy atom. The van der Waals surface area contributed by atoms with Gasteiger partial charge < -0.3 is 5.11 Å². The van der Waals surface area contributed by atoms with Crippen LogP contribution in [0.15, 0.2) is 24.3 Å². The Morgan fingerprint density at radius 2 is 2.16 bits per heavy atom. The van der Waals surface area contributed by atoms with Gasteiger partial charge in [0.1, 0.15) is 0 Å². The van der Waals surface area contributed by atoms with Crippen LogP contribution in [0.5, 0.6) is 0 Å². The monoisotopic (exact) mass is 281 g/mol. The number of rotatable bonds is 5. The van der Waals surface area contributed by atoms with E-state index in [0.29, 0.717) is 16.5 Å². The topological polar surface area (TPSA) is 40.5 Å². The highest BCUT2D eigenvalue weighted by Crippen LogP contribution is 2.23. The summed E-state index contributed by atoms with van der Waals surface area (Å²) in [6.07, 6.45) is 1.90. The van der Waals surface area contributed by atoms with Crippen LogP contribution in [-0.4, -0.2) is 41.5 Å². The molecule has 0 spiro atoms. The molecule has 2 atom stereocenters. The molecule has 19 heavy (non-hydrogen) atoms. The number of halogens is 1. The number of Topliss-reactive ketones (excluding diaryl/α,β-unsaturated/α-hetero) is 1. The van der Waals surface area contributed by atoms with Crippen LogP contribution in [0, 0.1) is 5.92 Å². The molecule has 0 aliphatic carbocycles. The number of aliphatic hydroxyl groups is 1. The smallest absolute Gasteiger partial charge is 0.179 e. The van der Waals surface area contributed by atoms with E-state index in [-0.39, 0.29) is 18.4 Å². The van der Waals surface area contributed by atoms with Gasteiger partial charge in [0, 0.05) is 23.7 Å². The second kappa shape index (κ2) is 6.51. The molecular formula is C15H20ClNO2. The molecule has 1 saturated heterocycles. The number of ketones is 1. The molecule has 1 heterocycles. The molecule has 1 aromatic rings. The standard InChI is InChI=1S/C15H20ClNO2/c1-11(17-8-6-12(10-17)7-9-18)15(19)13-2-4-14(16)5-3-13/h2-5,11-12,18H,6-10H2,1H3. The van der Waals surface area contributed by atoms with Crippen LogP contribution < -0.4 is 0 Å². The predicted octanol–water partition coefficient (Wildman–Crippen LogP) is 2.62. The van der Waals surface area contributed by atoms with Crippen LogP contribution in [-0.2, 0) is 0 Å². The maximum absolute atomic E-state index is 12.4. The largest absolute Gasteiger partial charge is 0.396 e. The van der Waals surface area contributed by atoms with Crippen molar-refractivity contribution in [1.29, 1.82) is 0 Å². The normalized spacial score (nSPS) is 21.5. The number of nitrogens with zero attached hydrogens (tertiary/aromatic N) is 1. The van der Waals surface area contributed by atoms with Crippen LogP contribution in [0.4, 0.5) is 0 Å². The van der Waals surface area contributed by atoms with Gasteiger partial charge in [0.05, 0.1) is 6.04 Å². The lowest BCUT2D eigenvalue weighted by Gasteiger charge is -2.23. The van der Waals surface area contributed by atoms with Crippen molar-refractivity contribution >= 4 is 17.4 Å². The summed E-state index contributed by atoms with van der Waals surface area (Å²) in [5.74, 6) is 0.659. The number of aliphatic hydroxyl groups excluding tert-OH is 1. The van der Waals surface area contributed by atoms with Gasteiger partial charge in [-0.3, -0.25) is 9.69 Å². The molecule has 0 radical (unpaired) electrons. The highest BCUT2D eigenvalue weighted by Gasteiger charge is 2.29. The Labute approximate surface area is 119 Å². The van der Waals surface area contributed by atoms with Gasteiger partial charge in [0.2, 0.25) is 0 Å². The molecule has 1 aliphatic rings. The first-order valence-corrected chi connectivity index (χ1v) is 7.14. The van der Waals surface area contributed by atoms with Crippen molar-refractivity contribution in [2.45, 2.75) is 25.8 Å². The number of benzene rings is 1. The predicted molar refractivity (Wildman–Crippen MR) is 76.6 cm³/mol. The van der Waals surface area contributed by atoms with Crippen molar-refractivity contribution in [3.8, 4) is 0 Å². The summed E-state index contributed by atoms with van der Waals surface area (Å²) in [5.41, 5.74) is 0.711. The highest BCUT2D eigenvalue weighted by atomic mass is 35.5. The summed E-state index contributed by atoms with van der Waals surface area (Å²) in [6.45, 7) is 4.03. The molecule has 2 unspecified atom stereocenters. The lowest BCUT2D eigenvalue weighted by atomic mass is 10.0. The first kappa shape index (κ1) is 14.5. The Morgan fingerprint density at radius 3 is 2.79 bits per heavy atom. The SMILES string of the molecule is CC(C(=O)c1ccc(Cl)cc1)N1CCC(CCO)C1. The fraction of sp³-hybridized carbons (Fsp3) is 0.533. The Bertz CT molecular complexity index is 432. The van der Waals surface area contributed by atoms with Crippen LogP contribution in [0.3, 0.4) is 0 Å². The third-order valence-corrected chi connectivity index (χ3v) is 4.16. The van der Waals surface area contributed by atoms with E-state index in [1.807, 2.05) is 6.92 Å². The molecule has 0 bridgehead atoms. The van der Waals surface area contributed by atoms with Crippen molar-refractivity contribution < 1.29 is 9.90 Å². The number of hydrogen-bond acceptors (Lipinski definition) is 3. The lowest BCUT2D eigenvalue weighted by Crippen LogP contribution is -2.37. The van der Waals surface area contributed by atoms with Gasteiger partial charge in [0.25, 0.3) is 0 Å². The first-order chi connectivity index (χ1) is 9.11. The quantitative estimate of drug-likeness (QED) is 0.844. The van der Waals surface area contributed by atoms with E-state index in [9.17, 15) is 4.79 Å². The van der Waals surface area contributed by atoms with E-state index >= 15 is 0 Å². The van der Waals surface area contributed by atoms with Gasteiger partial charge in [0.15, 0.2) is 5.78 Å². The number of hydrogen-bond donors (Lipinski definition) is 1. The van der Waals surface area contributed by atoms with Gasteiger partial charge in [-0.25, -0.2) is 0 Å². The number of carbonyl (C=O) groups excluding carboxylic acids is 1. The summed E-state index contributed by atoms with van der Waals surface area (Å²) >= 11 is 5.83. The van der Waals surface area contributed by atoms with E-state index < -0.39 is 0 Å². The number of carbonyl (C=O) groups is 1. The van der Waals surface area contributed by atoms with E-state index in [0.717, 1.165) is 25.9 Å². The zero-order valence-corrected chi connectivity index (χ0v) is 11.9. The molecule has 0 aromatic heterocycles. The Balaban J connectivity index is 1.98. The average molecular weight is 282 g/mol. The van der Waals surface area contributed by atoms with Crippen molar-refractivity contribution in [2.24, 2.45) is 5.92 Å². The summed E-state index contributed by atoms with van der Waals surface area (Å²) in [4.78, 5) is 14.6. The Kier molecular flexibility index (Phi) is 4.97. The lowest BCUT2D eigenvalue weighted by molar-refractivity contribution is 0.0861. The maximum Gasteiger partial charge on any atom is 0.179 e. The van der Waals surface area contributed by atoms with E-state index in [4.69, 9.17) is 16.7 Å². The number of likely N-dealkylation sites (tertiary alicyclic amines) is 1. The average Bonchev–Trinajstić information content (AvgIpc) is 2.87. The molecule has 1 N–H and O–H groups in total. The molecule has 1 aromatic carbocycles. The molecule has 0 amide bonds. The van der Waals surface area contributed by atoms with Crippen molar-refractivity contribution in [2.75, 3.05) is 19.7 Å². The first-order valence-electron chi connectivity index (χ1n) is 6.76. The zero-order valence-electron chi connectivity index (χ0n) is 11.2. The van der Waals surface area contributed by atoms with Gasteiger partial charge in [-0.15, -0.1) is 0 Å². The van der Waals surface area contributed by atoms with Crippen LogP contribution in [0.1, 0.15) is 30.1 Å². The molecule has 3 nitrogen and oxygen atoms in total. The molecular weight excluding hydrogens is 262 g/mol. The minimum atomic E-state index is -0.107. The Hall–Kier alpha value is -0.900. The molecule has 2 rings (SSSR count). The molecule has 4 heteroatoms. The molecule has 1 fully saturated rings. The summed E-state index contributed by atoms with van der Waals surface area (Å²) < 4.78 is 0. The molecule has 104 valence electrons. The highest BCUT2D eigenvalue weighted by molar-refractivity contribution is 6.30. The van der Waals surface area contributed by atoms with Crippen LogP contribution >= 0.6 is 11.6 Å². The van der Waals surface area contributed by atoms with E-state index in [1.54, 1.807) is 24.3 Å². The van der Waals surface area contributed by atoms with Gasteiger partial charge in [-0.1, -0.05) is 11.6 Å². The van der Waals surface area contributed by atoms with Gasteiger partial charge >= 0.3 is 0 Å². The fourth-order valence-electron chi connectivity index (χ4n) is 2.65. The third kappa shape index (κ3) is 3.56. The second-order valence-electron chi connectivity index (χ2n) is 5.21. The van der Waals surface area contributed by atoms with Crippen LogP contribution in [0.25, 0.3) is 0 Å². The summed E-state index contributed by atoms with van der Waals surface area (Å²) in [5, 5.41) is 9.61. The van der Waals surface area contributed by atoms with Crippen molar-refractivity contribution in [3.63, 3.8) is 0 Å². The minimum absolute atomic E-state index is 0.107. The van der Waals surface area contributed by atoms with E-state index in [1.165, 1.54) is 0 Å². The molecule has 1 aliphatic heterocycles. The maximum atomic E-state index is 12.4. The minimum Gasteiger partial charge on any atom is -0.396 e. The van der Waals surface area contributed by atoms with Crippen molar-refractivity contribution in [1.82, 2.24) is 4.90 Å². The summed E-state index contributed by atoms with van der Waals surface area (Å²) in [6, 6.07) is 6.95. The third-order valence-electron chi connectivity index (χ3n) is 3.91.